The summed E-state index contributed by atoms with van der Waals surface area (Å²) in [4.78, 5) is 0. The highest BCUT2D eigenvalue weighted by Gasteiger charge is 2.25. The third kappa shape index (κ3) is 1.98. The van der Waals surface area contributed by atoms with Crippen molar-refractivity contribution < 1.29 is 0 Å². The summed E-state index contributed by atoms with van der Waals surface area (Å²) < 4.78 is 0. The van der Waals surface area contributed by atoms with Gasteiger partial charge in [-0.3, -0.25) is 0 Å². The highest BCUT2D eigenvalue weighted by atomic mass is 14.2. The minimum absolute atomic E-state index is 0.507. The molecule has 0 aromatic rings. The summed E-state index contributed by atoms with van der Waals surface area (Å²) in [5.74, 6) is 0. The maximum absolute atomic E-state index is 5.56. The van der Waals surface area contributed by atoms with Gasteiger partial charge in [0.2, 0.25) is 0 Å². The Bertz CT molecular complexity index is 62.7. The molecule has 0 unspecified atom stereocenters. The number of rotatable bonds is 1. The molecule has 0 heterocycles. The molecule has 8 heavy (non-hydrogen) atoms. The average molecular weight is 102 g/mol. The Hall–Kier alpha value is 0.195. The average Bonchev–Trinajstić information content (AvgIpc) is 1.25. The van der Waals surface area contributed by atoms with E-state index in [0.29, 0.717) is 0 Å². The minimum atomic E-state index is -0.785. The molecule has 6 radical (unpaired) electrons. The van der Waals surface area contributed by atoms with Crippen LogP contribution in [0.3, 0.4) is 0 Å². The lowest BCUT2D eigenvalue weighted by Gasteiger charge is -2.36. The third-order valence-corrected chi connectivity index (χ3v) is 1.39. The molecule has 0 aromatic carbocycles. The van der Waals surface area contributed by atoms with Crippen molar-refractivity contribution in [3.8, 4) is 0 Å². The predicted molar refractivity (Wildman–Crippen MR) is 39.7 cm³/mol. The van der Waals surface area contributed by atoms with E-state index >= 15 is 0 Å². The summed E-state index contributed by atoms with van der Waals surface area (Å²) in [6.45, 7) is 5.30. The first kappa shape index (κ1) is 8.19. The molecule has 0 aliphatic heterocycles. The molecule has 0 N–H and O–H groups in total. The summed E-state index contributed by atoms with van der Waals surface area (Å²) in [5, 5.41) is -1.29. The van der Waals surface area contributed by atoms with Crippen LogP contribution in [0.4, 0.5) is 0 Å². The minimum Gasteiger partial charge on any atom is -0.104 e. The second kappa shape index (κ2) is 1.86. The van der Waals surface area contributed by atoms with Crippen LogP contribution in [0.5, 0.6) is 0 Å². The molecule has 0 nitrogen and oxygen atoms in total. The zero-order chi connectivity index (χ0) is 7.00. The van der Waals surface area contributed by atoms with Crippen molar-refractivity contribution in [3.05, 3.63) is 0 Å². The van der Waals surface area contributed by atoms with E-state index in [0.717, 1.165) is 0 Å². The summed E-state index contributed by atoms with van der Waals surface area (Å²) in [6.07, 6.45) is 0. The first-order valence-electron chi connectivity index (χ1n) is 2.62. The van der Waals surface area contributed by atoms with Gasteiger partial charge in [0.15, 0.2) is 0 Å². The molecule has 0 atom stereocenters. The van der Waals surface area contributed by atoms with Gasteiger partial charge in [0, 0.05) is 0 Å². The molecule has 0 saturated carbocycles. The van der Waals surface area contributed by atoms with Gasteiger partial charge < -0.3 is 0 Å². The van der Waals surface area contributed by atoms with Gasteiger partial charge in [-0.2, -0.15) is 0 Å². The van der Waals surface area contributed by atoms with Crippen molar-refractivity contribution in [2.24, 2.45) is 0 Å². The SMILES string of the molecule is [B]C([B])(C)C([B])(C)C. The normalized spacial score (nSPS) is 13.9. The molecule has 0 fully saturated rings. The lowest BCUT2D eigenvalue weighted by atomic mass is 9.38. The topological polar surface area (TPSA) is 0 Å². The van der Waals surface area contributed by atoms with Crippen molar-refractivity contribution in [1.29, 1.82) is 0 Å². The van der Waals surface area contributed by atoms with Gasteiger partial charge in [-0.25, -0.2) is 0 Å². The second-order valence-corrected chi connectivity index (χ2v) is 3.00. The van der Waals surface area contributed by atoms with Crippen LogP contribution in [0.15, 0.2) is 0 Å². The third-order valence-electron chi connectivity index (χ3n) is 1.39. The van der Waals surface area contributed by atoms with Crippen molar-refractivity contribution in [2.45, 2.75) is 31.3 Å². The fourth-order valence-corrected chi connectivity index (χ4v) is 0. The lowest BCUT2D eigenvalue weighted by Crippen LogP contribution is -2.23. The number of hydrogen-bond donors (Lipinski definition) is 0. The van der Waals surface area contributed by atoms with Crippen LogP contribution in [-0.4, -0.2) is 23.5 Å². The van der Waals surface area contributed by atoms with Crippen molar-refractivity contribution >= 4 is 23.5 Å². The number of hydrogen-bond acceptors (Lipinski definition) is 0. The monoisotopic (exact) mass is 102 g/mol. The van der Waals surface area contributed by atoms with Crippen molar-refractivity contribution in [1.82, 2.24) is 0 Å². The highest BCUT2D eigenvalue weighted by Crippen LogP contribution is 2.42. The van der Waals surface area contributed by atoms with Crippen LogP contribution >= 0.6 is 0 Å². The van der Waals surface area contributed by atoms with E-state index in [1.165, 1.54) is 0 Å². The highest BCUT2D eigenvalue weighted by molar-refractivity contribution is 6.44. The molecule has 0 amide bonds. The fraction of sp³-hybridized carbons (Fsp3) is 1.00. The van der Waals surface area contributed by atoms with E-state index in [9.17, 15) is 0 Å². The van der Waals surface area contributed by atoms with Crippen LogP contribution in [0, 0.1) is 0 Å². The van der Waals surface area contributed by atoms with Crippen LogP contribution in [0.2, 0.25) is 10.5 Å². The zero-order valence-electron chi connectivity index (χ0n) is 5.73. The van der Waals surface area contributed by atoms with Crippen molar-refractivity contribution in [3.63, 3.8) is 0 Å². The first-order chi connectivity index (χ1) is 3.25. The van der Waals surface area contributed by atoms with Gasteiger partial charge in [0.25, 0.3) is 0 Å². The Morgan fingerprint density at radius 3 is 1.00 bits per heavy atom. The van der Waals surface area contributed by atoms with E-state index < -0.39 is 10.5 Å². The maximum Gasteiger partial charge on any atom is 0.0726 e. The standard InChI is InChI=1S/C5H9B3/c1-4(2,6)5(3,7)8/h1-3H3. The molecule has 0 aromatic heterocycles. The smallest absolute Gasteiger partial charge is 0.0726 e. The molecule has 0 saturated heterocycles. The molecule has 3 heteroatoms. The van der Waals surface area contributed by atoms with Crippen LogP contribution in [-0.2, 0) is 0 Å². The molecule has 0 rings (SSSR count). The van der Waals surface area contributed by atoms with E-state index in [1.54, 1.807) is 20.8 Å². The summed E-state index contributed by atoms with van der Waals surface area (Å²) in [7, 11) is 16.5. The molecule has 0 spiro atoms. The summed E-state index contributed by atoms with van der Waals surface area (Å²) in [5.41, 5.74) is 0. The first-order valence-corrected chi connectivity index (χ1v) is 2.62. The zero-order valence-corrected chi connectivity index (χ0v) is 5.73. The van der Waals surface area contributed by atoms with Crippen molar-refractivity contribution in [2.75, 3.05) is 0 Å². The summed E-state index contributed by atoms with van der Waals surface area (Å²) >= 11 is 0. The van der Waals surface area contributed by atoms with Gasteiger partial charge in [-0.15, -0.1) is 5.21 Å². The van der Waals surface area contributed by atoms with E-state index in [1.807, 2.05) is 0 Å². The Labute approximate surface area is 55.7 Å². The molecule has 38 valence electrons. The predicted octanol–water partition coefficient (Wildman–Crippen LogP) is 0.826. The van der Waals surface area contributed by atoms with Crippen LogP contribution in [0.1, 0.15) is 20.8 Å². The molecular weight excluding hydrogens is 92.5 g/mol. The molecular formula is C5H9B3. The van der Waals surface area contributed by atoms with E-state index in [-0.39, 0.29) is 0 Å². The lowest BCUT2D eigenvalue weighted by molar-refractivity contribution is 0.601. The van der Waals surface area contributed by atoms with Gasteiger partial charge in [0.05, 0.1) is 23.5 Å². The van der Waals surface area contributed by atoms with Crippen LogP contribution < -0.4 is 0 Å². The van der Waals surface area contributed by atoms with Gasteiger partial charge in [-0.1, -0.05) is 26.1 Å². The van der Waals surface area contributed by atoms with E-state index in [4.69, 9.17) is 23.5 Å². The maximum atomic E-state index is 5.56. The summed E-state index contributed by atoms with van der Waals surface area (Å²) in [6, 6.07) is 0. The largest absolute Gasteiger partial charge is 0.104 e. The molecule has 0 aliphatic carbocycles. The Balaban J connectivity index is 4.02. The quantitative estimate of drug-likeness (QED) is 0.429. The van der Waals surface area contributed by atoms with Gasteiger partial charge >= 0.3 is 0 Å². The molecule has 0 aliphatic rings. The molecule has 0 bridgehead atoms. The van der Waals surface area contributed by atoms with Crippen LogP contribution in [0.25, 0.3) is 0 Å². The Kier molecular flexibility index (Phi) is 1.90. The fourth-order valence-electron chi connectivity index (χ4n) is 0. The Morgan fingerprint density at radius 2 is 1.00 bits per heavy atom. The van der Waals surface area contributed by atoms with Gasteiger partial charge in [0.1, 0.15) is 0 Å². The van der Waals surface area contributed by atoms with Gasteiger partial charge in [-0.05, 0) is 0 Å². The van der Waals surface area contributed by atoms with E-state index in [2.05, 4.69) is 0 Å². The second-order valence-electron chi connectivity index (χ2n) is 3.00. The Morgan fingerprint density at radius 1 is 0.875 bits per heavy atom.